The van der Waals surface area contributed by atoms with Crippen molar-refractivity contribution in [3.8, 4) is 0 Å². The van der Waals surface area contributed by atoms with Crippen molar-refractivity contribution in [3.63, 3.8) is 0 Å². The molecule has 0 aliphatic rings. The highest BCUT2D eigenvalue weighted by Gasteiger charge is 2.19. The van der Waals surface area contributed by atoms with Crippen molar-refractivity contribution in [2.45, 2.75) is 19.9 Å². The first-order valence-electron chi connectivity index (χ1n) is 5.88. The lowest BCUT2D eigenvalue weighted by molar-refractivity contribution is 0.0929. The van der Waals surface area contributed by atoms with Gasteiger partial charge in [0.25, 0.3) is 5.91 Å². The molecule has 0 bridgehead atoms. The van der Waals surface area contributed by atoms with Gasteiger partial charge in [0.1, 0.15) is 5.69 Å². The Balaban J connectivity index is 2.18. The third-order valence-corrected chi connectivity index (χ3v) is 3.56. The standard InChI is InChI=1S/C12H16BrN5O/c1-7(9-6-17(3)16-8(9)2)15-12(19)11-10(13)5-14-18(11)4/h5-7H,1-4H3,(H,15,19)/t7-/m1/s1. The first-order valence-corrected chi connectivity index (χ1v) is 6.68. The number of hydrogen-bond donors (Lipinski definition) is 1. The number of carbonyl (C=O) groups excluding carboxylic acids is 1. The van der Waals surface area contributed by atoms with Crippen LogP contribution in [0.15, 0.2) is 16.9 Å². The summed E-state index contributed by atoms with van der Waals surface area (Å²) in [7, 11) is 3.60. The van der Waals surface area contributed by atoms with Crippen LogP contribution in [0.1, 0.15) is 34.7 Å². The van der Waals surface area contributed by atoms with Crippen LogP contribution in [-0.4, -0.2) is 25.5 Å². The maximum absolute atomic E-state index is 12.2. The van der Waals surface area contributed by atoms with Crippen LogP contribution in [0.25, 0.3) is 0 Å². The van der Waals surface area contributed by atoms with Crippen LogP contribution in [0, 0.1) is 6.92 Å². The van der Waals surface area contributed by atoms with Crippen molar-refractivity contribution in [2.75, 3.05) is 0 Å². The smallest absolute Gasteiger partial charge is 0.271 e. The monoisotopic (exact) mass is 325 g/mol. The second kappa shape index (κ2) is 5.16. The third kappa shape index (κ3) is 2.70. The number of hydrogen-bond acceptors (Lipinski definition) is 3. The van der Waals surface area contributed by atoms with E-state index in [1.54, 1.807) is 22.6 Å². The molecule has 0 unspecified atom stereocenters. The van der Waals surface area contributed by atoms with Crippen LogP contribution < -0.4 is 5.32 Å². The predicted molar refractivity (Wildman–Crippen MR) is 74.7 cm³/mol. The highest BCUT2D eigenvalue weighted by Crippen LogP contribution is 2.19. The maximum Gasteiger partial charge on any atom is 0.271 e. The van der Waals surface area contributed by atoms with Crippen molar-refractivity contribution in [1.82, 2.24) is 24.9 Å². The summed E-state index contributed by atoms with van der Waals surface area (Å²) >= 11 is 3.32. The lowest BCUT2D eigenvalue weighted by atomic mass is 10.1. The zero-order chi connectivity index (χ0) is 14.2. The number of aromatic nitrogens is 4. The lowest BCUT2D eigenvalue weighted by Crippen LogP contribution is -2.28. The fourth-order valence-electron chi connectivity index (χ4n) is 2.05. The summed E-state index contributed by atoms with van der Waals surface area (Å²) in [6, 6.07) is -0.108. The SMILES string of the molecule is Cc1nn(C)cc1[C@@H](C)NC(=O)c1c(Br)cnn1C. The van der Waals surface area contributed by atoms with Crippen molar-refractivity contribution in [3.05, 3.63) is 33.8 Å². The topological polar surface area (TPSA) is 64.7 Å². The molecule has 0 aliphatic heterocycles. The quantitative estimate of drug-likeness (QED) is 0.934. The predicted octanol–water partition coefficient (Wildman–Crippen LogP) is 1.72. The van der Waals surface area contributed by atoms with E-state index < -0.39 is 0 Å². The minimum Gasteiger partial charge on any atom is -0.344 e. The molecule has 2 aromatic heterocycles. The molecule has 0 spiro atoms. The van der Waals surface area contributed by atoms with Crippen molar-refractivity contribution in [1.29, 1.82) is 0 Å². The normalized spacial score (nSPS) is 12.5. The first kappa shape index (κ1) is 13.8. The van der Waals surface area contributed by atoms with E-state index in [9.17, 15) is 4.79 Å². The Morgan fingerprint density at radius 1 is 1.47 bits per heavy atom. The van der Waals surface area contributed by atoms with Gasteiger partial charge in [-0.05, 0) is 29.8 Å². The Hall–Kier alpha value is -1.63. The Kier molecular flexibility index (Phi) is 3.75. The van der Waals surface area contributed by atoms with Crippen LogP contribution in [-0.2, 0) is 14.1 Å². The summed E-state index contributed by atoms with van der Waals surface area (Å²) < 4.78 is 3.97. The van der Waals surface area contributed by atoms with Crippen LogP contribution in [0.4, 0.5) is 0 Å². The fraction of sp³-hybridized carbons (Fsp3) is 0.417. The molecule has 0 saturated carbocycles. The molecule has 1 N–H and O–H groups in total. The molecule has 2 aromatic rings. The minimum atomic E-state index is -0.164. The van der Waals surface area contributed by atoms with Gasteiger partial charge in [-0.1, -0.05) is 0 Å². The van der Waals surface area contributed by atoms with Crippen molar-refractivity contribution >= 4 is 21.8 Å². The fourth-order valence-corrected chi connectivity index (χ4v) is 2.58. The second-order valence-corrected chi connectivity index (χ2v) is 5.36. The number of nitrogens with zero attached hydrogens (tertiary/aromatic N) is 4. The maximum atomic E-state index is 12.2. The second-order valence-electron chi connectivity index (χ2n) is 4.50. The van der Waals surface area contributed by atoms with Crippen LogP contribution in [0.3, 0.4) is 0 Å². The van der Waals surface area contributed by atoms with E-state index in [2.05, 4.69) is 31.4 Å². The Morgan fingerprint density at radius 3 is 2.63 bits per heavy atom. The molecule has 0 aliphatic carbocycles. The molecular formula is C12H16BrN5O. The van der Waals surface area contributed by atoms with Crippen LogP contribution in [0.2, 0.25) is 0 Å². The van der Waals surface area contributed by atoms with Gasteiger partial charge in [0, 0.05) is 25.9 Å². The zero-order valence-electron chi connectivity index (χ0n) is 11.3. The Morgan fingerprint density at radius 2 is 2.16 bits per heavy atom. The van der Waals surface area contributed by atoms with Gasteiger partial charge in [-0.25, -0.2) is 0 Å². The molecular weight excluding hydrogens is 310 g/mol. The Labute approximate surface area is 119 Å². The molecule has 7 heteroatoms. The van der Waals surface area contributed by atoms with E-state index in [1.165, 1.54) is 0 Å². The molecule has 2 rings (SSSR count). The summed E-state index contributed by atoms with van der Waals surface area (Å²) in [5.74, 6) is -0.164. The van der Waals surface area contributed by atoms with E-state index in [-0.39, 0.29) is 11.9 Å². The average Bonchev–Trinajstić information content (AvgIpc) is 2.81. The summed E-state index contributed by atoms with van der Waals surface area (Å²) in [4.78, 5) is 12.2. The number of carbonyl (C=O) groups is 1. The van der Waals surface area contributed by atoms with E-state index in [1.807, 2.05) is 27.1 Å². The van der Waals surface area contributed by atoms with E-state index in [0.29, 0.717) is 10.2 Å². The lowest BCUT2D eigenvalue weighted by Gasteiger charge is -2.13. The largest absolute Gasteiger partial charge is 0.344 e. The summed E-state index contributed by atoms with van der Waals surface area (Å²) in [6.07, 6.45) is 3.52. The van der Waals surface area contributed by atoms with Gasteiger partial charge in [-0.3, -0.25) is 14.2 Å². The third-order valence-electron chi connectivity index (χ3n) is 2.97. The van der Waals surface area contributed by atoms with Crippen LogP contribution >= 0.6 is 15.9 Å². The van der Waals surface area contributed by atoms with Crippen molar-refractivity contribution < 1.29 is 4.79 Å². The molecule has 1 atom stereocenters. The van der Waals surface area contributed by atoms with Gasteiger partial charge < -0.3 is 5.32 Å². The highest BCUT2D eigenvalue weighted by molar-refractivity contribution is 9.10. The number of halogens is 1. The first-order chi connectivity index (χ1) is 8.90. The molecule has 6 nitrogen and oxygen atoms in total. The number of nitrogens with one attached hydrogen (secondary N) is 1. The van der Waals surface area contributed by atoms with Gasteiger partial charge >= 0.3 is 0 Å². The van der Waals surface area contributed by atoms with E-state index in [4.69, 9.17) is 0 Å². The van der Waals surface area contributed by atoms with Gasteiger partial charge in [0.2, 0.25) is 0 Å². The van der Waals surface area contributed by atoms with E-state index in [0.717, 1.165) is 11.3 Å². The molecule has 0 aromatic carbocycles. The Bertz CT molecular complexity index is 596. The molecule has 2 heterocycles. The van der Waals surface area contributed by atoms with Crippen molar-refractivity contribution in [2.24, 2.45) is 14.1 Å². The highest BCUT2D eigenvalue weighted by atomic mass is 79.9. The average molecular weight is 326 g/mol. The molecule has 0 saturated heterocycles. The summed E-state index contributed by atoms with van der Waals surface area (Å²) in [6.45, 7) is 3.87. The number of amides is 1. The minimum absolute atomic E-state index is 0.108. The molecule has 0 fully saturated rings. The molecule has 1 amide bonds. The van der Waals surface area contributed by atoms with Crippen LogP contribution in [0.5, 0.6) is 0 Å². The molecule has 19 heavy (non-hydrogen) atoms. The van der Waals surface area contributed by atoms with Gasteiger partial charge in [-0.2, -0.15) is 10.2 Å². The number of aryl methyl sites for hydroxylation is 3. The number of rotatable bonds is 3. The van der Waals surface area contributed by atoms with Gasteiger partial charge in [0.05, 0.1) is 22.4 Å². The summed E-state index contributed by atoms with van der Waals surface area (Å²) in [5, 5.41) is 11.3. The van der Waals surface area contributed by atoms with Gasteiger partial charge in [0.15, 0.2) is 0 Å². The zero-order valence-corrected chi connectivity index (χ0v) is 12.9. The molecule has 0 radical (unpaired) electrons. The summed E-state index contributed by atoms with van der Waals surface area (Å²) in [5.41, 5.74) is 2.43. The molecule has 102 valence electrons. The van der Waals surface area contributed by atoms with Gasteiger partial charge in [-0.15, -0.1) is 0 Å². The van der Waals surface area contributed by atoms with E-state index >= 15 is 0 Å².